The third-order valence-electron chi connectivity index (χ3n) is 1.68. The molecule has 0 amide bonds. The number of nitrogens with zero attached hydrogens (tertiary/aromatic N) is 1. The molecule has 0 fully saturated rings. The zero-order chi connectivity index (χ0) is 6.85. The summed E-state index contributed by atoms with van der Waals surface area (Å²) in [6, 6.07) is 0.628. The van der Waals surface area contributed by atoms with Gasteiger partial charge in [-0.3, -0.25) is 0 Å². The van der Waals surface area contributed by atoms with Gasteiger partial charge in [-0.1, -0.05) is 0 Å². The smallest absolute Gasteiger partial charge is 0.165 e. The van der Waals surface area contributed by atoms with E-state index in [1.165, 1.54) is 5.71 Å². The Balaban J connectivity index is 2.77. The minimum atomic E-state index is 0.628. The maximum Gasteiger partial charge on any atom is 0.165 e. The molecule has 1 heteroatoms. The summed E-state index contributed by atoms with van der Waals surface area (Å²) >= 11 is 0. The van der Waals surface area contributed by atoms with Crippen LogP contribution in [-0.4, -0.2) is 16.3 Å². The van der Waals surface area contributed by atoms with E-state index in [2.05, 4.69) is 37.6 Å². The van der Waals surface area contributed by atoms with Gasteiger partial charge in [0.1, 0.15) is 0 Å². The first kappa shape index (κ1) is 6.53. The highest BCUT2D eigenvalue weighted by Crippen LogP contribution is 2.03. The molecule has 9 heavy (non-hydrogen) atoms. The fourth-order valence-corrected chi connectivity index (χ4v) is 1.18. The first-order valence-corrected chi connectivity index (χ1v) is 3.49. The Labute approximate surface area is 56.7 Å². The maximum atomic E-state index is 2.31. The summed E-state index contributed by atoms with van der Waals surface area (Å²) in [5.41, 5.74) is 1.46. The van der Waals surface area contributed by atoms with Crippen LogP contribution in [0.15, 0.2) is 12.3 Å². The number of hydrogen-bond acceptors (Lipinski definition) is 0. The highest BCUT2D eigenvalue weighted by atomic mass is 15.0. The lowest BCUT2D eigenvalue weighted by Crippen LogP contribution is -2.17. The van der Waals surface area contributed by atoms with E-state index < -0.39 is 0 Å². The van der Waals surface area contributed by atoms with Crippen LogP contribution < -0.4 is 0 Å². The standard InChI is InChI=1S/C8H14N/c1-7(2)9-6-4-5-8(9)3/h4,6-7H,5H2,1-3H3/q+1. The van der Waals surface area contributed by atoms with Crippen molar-refractivity contribution in [2.75, 3.05) is 0 Å². The normalized spacial score (nSPS) is 18.2. The maximum absolute atomic E-state index is 2.31. The Morgan fingerprint density at radius 3 is 2.44 bits per heavy atom. The molecule has 0 aromatic rings. The molecule has 1 heterocycles. The van der Waals surface area contributed by atoms with Gasteiger partial charge in [0, 0.05) is 6.92 Å². The molecule has 0 atom stereocenters. The van der Waals surface area contributed by atoms with Crippen molar-refractivity contribution in [3.63, 3.8) is 0 Å². The lowest BCUT2D eigenvalue weighted by atomic mass is 10.3. The van der Waals surface area contributed by atoms with Gasteiger partial charge < -0.3 is 0 Å². The van der Waals surface area contributed by atoms with Crippen molar-refractivity contribution in [3.05, 3.63) is 12.3 Å². The van der Waals surface area contributed by atoms with Gasteiger partial charge in [0.05, 0.1) is 6.42 Å². The quantitative estimate of drug-likeness (QED) is 0.469. The van der Waals surface area contributed by atoms with E-state index in [-0.39, 0.29) is 0 Å². The second kappa shape index (κ2) is 2.34. The first-order valence-electron chi connectivity index (χ1n) is 3.49. The Bertz CT molecular complexity index is 163. The van der Waals surface area contributed by atoms with Gasteiger partial charge in [0.25, 0.3) is 0 Å². The van der Waals surface area contributed by atoms with Gasteiger partial charge in [-0.15, -0.1) is 0 Å². The minimum Gasteiger partial charge on any atom is -0.204 e. The van der Waals surface area contributed by atoms with Crippen LogP contribution in [0, 0.1) is 0 Å². The lowest BCUT2D eigenvalue weighted by molar-refractivity contribution is -0.489. The molecular formula is C8H14N+. The van der Waals surface area contributed by atoms with Crippen LogP contribution in [0.3, 0.4) is 0 Å². The van der Waals surface area contributed by atoms with E-state index in [1.54, 1.807) is 0 Å². The van der Waals surface area contributed by atoms with Crippen LogP contribution >= 0.6 is 0 Å². The Kier molecular flexibility index (Phi) is 1.70. The average Bonchev–Trinajstić information content (AvgIpc) is 2.13. The molecular weight excluding hydrogens is 110 g/mol. The second-order valence-electron chi connectivity index (χ2n) is 2.83. The van der Waals surface area contributed by atoms with Crippen molar-refractivity contribution in [1.29, 1.82) is 0 Å². The highest BCUT2D eigenvalue weighted by Gasteiger charge is 2.14. The van der Waals surface area contributed by atoms with E-state index in [1.807, 2.05) is 0 Å². The summed E-state index contributed by atoms with van der Waals surface area (Å²) in [6.45, 7) is 6.60. The zero-order valence-electron chi connectivity index (χ0n) is 6.39. The summed E-state index contributed by atoms with van der Waals surface area (Å²) in [4.78, 5) is 0. The summed E-state index contributed by atoms with van der Waals surface area (Å²) in [5.74, 6) is 0. The van der Waals surface area contributed by atoms with Crippen molar-refractivity contribution >= 4 is 5.71 Å². The van der Waals surface area contributed by atoms with Crippen LogP contribution in [0.1, 0.15) is 27.2 Å². The molecule has 0 saturated heterocycles. The summed E-state index contributed by atoms with van der Waals surface area (Å²) in [7, 11) is 0. The van der Waals surface area contributed by atoms with E-state index in [4.69, 9.17) is 0 Å². The van der Waals surface area contributed by atoms with E-state index >= 15 is 0 Å². The van der Waals surface area contributed by atoms with Crippen molar-refractivity contribution in [3.8, 4) is 0 Å². The Morgan fingerprint density at radius 2 is 2.22 bits per heavy atom. The summed E-state index contributed by atoms with van der Waals surface area (Å²) in [6.07, 6.45) is 5.51. The number of hydrogen-bond donors (Lipinski definition) is 0. The van der Waals surface area contributed by atoms with Crippen LogP contribution in [0.5, 0.6) is 0 Å². The average molecular weight is 124 g/mol. The molecule has 0 saturated carbocycles. The van der Waals surface area contributed by atoms with Gasteiger partial charge in [0.2, 0.25) is 0 Å². The second-order valence-corrected chi connectivity index (χ2v) is 2.83. The van der Waals surface area contributed by atoms with Gasteiger partial charge in [-0.05, 0) is 19.9 Å². The van der Waals surface area contributed by atoms with Crippen LogP contribution in [-0.2, 0) is 0 Å². The van der Waals surface area contributed by atoms with Crippen LogP contribution in [0.4, 0.5) is 0 Å². The molecule has 0 unspecified atom stereocenters. The van der Waals surface area contributed by atoms with Crippen LogP contribution in [0.25, 0.3) is 0 Å². The largest absolute Gasteiger partial charge is 0.204 e. The monoisotopic (exact) mass is 124 g/mol. The zero-order valence-corrected chi connectivity index (χ0v) is 6.39. The van der Waals surface area contributed by atoms with E-state index in [0.717, 1.165) is 6.42 Å². The molecule has 0 aromatic heterocycles. The third kappa shape index (κ3) is 1.21. The molecule has 0 bridgehead atoms. The van der Waals surface area contributed by atoms with Gasteiger partial charge >= 0.3 is 0 Å². The molecule has 0 N–H and O–H groups in total. The fourth-order valence-electron chi connectivity index (χ4n) is 1.18. The summed E-state index contributed by atoms with van der Waals surface area (Å²) in [5, 5.41) is 0. The van der Waals surface area contributed by atoms with Crippen molar-refractivity contribution in [1.82, 2.24) is 0 Å². The molecule has 1 rings (SSSR count). The molecule has 0 aromatic carbocycles. The molecule has 1 aliphatic heterocycles. The predicted molar refractivity (Wildman–Crippen MR) is 39.8 cm³/mol. The minimum absolute atomic E-state index is 0.628. The van der Waals surface area contributed by atoms with E-state index in [0.29, 0.717) is 6.04 Å². The molecule has 0 aliphatic carbocycles. The SMILES string of the molecule is CC1=[N+](C(C)C)C=CC1. The van der Waals surface area contributed by atoms with Gasteiger partial charge in [-0.2, -0.15) is 0 Å². The summed E-state index contributed by atoms with van der Waals surface area (Å²) < 4.78 is 2.31. The van der Waals surface area contributed by atoms with Gasteiger partial charge in [0.15, 0.2) is 18.0 Å². The first-order chi connectivity index (χ1) is 4.22. The third-order valence-corrected chi connectivity index (χ3v) is 1.68. The molecule has 0 spiro atoms. The topological polar surface area (TPSA) is 3.01 Å². The molecule has 0 radical (unpaired) electrons. The predicted octanol–water partition coefficient (Wildman–Crippen LogP) is 1.79. The number of rotatable bonds is 1. The van der Waals surface area contributed by atoms with Crippen molar-refractivity contribution < 1.29 is 4.58 Å². The van der Waals surface area contributed by atoms with Gasteiger partial charge in [-0.25, -0.2) is 4.58 Å². The Hall–Kier alpha value is -0.590. The Morgan fingerprint density at radius 1 is 1.56 bits per heavy atom. The van der Waals surface area contributed by atoms with Crippen molar-refractivity contribution in [2.45, 2.75) is 33.2 Å². The van der Waals surface area contributed by atoms with Crippen molar-refractivity contribution in [2.24, 2.45) is 0 Å². The van der Waals surface area contributed by atoms with E-state index in [9.17, 15) is 0 Å². The lowest BCUT2D eigenvalue weighted by Gasteiger charge is -1.99. The number of allylic oxidation sites excluding steroid dienone is 1. The molecule has 50 valence electrons. The van der Waals surface area contributed by atoms with Crippen LogP contribution in [0.2, 0.25) is 0 Å². The highest BCUT2D eigenvalue weighted by molar-refractivity contribution is 5.79. The molecule has 1 aliphatic rings. The molecule has 1 nitrogen and oxygen atoms in total. The fraction of sp³-hybridized carbons (Fsp3) is 0.625.